The standard InChI is InChI=1S/C17H25N3O2/c1-2-8-18-17(22)14-20-11-9-19(10-12-20)13-16(21)15-6-4-3-5-7-15/h2-7,16,21H,1,8-14H2,(H,18,22). The lowest BCUT2D eigenvalue weighted by Gasteiger charge is -2.35. The molecule has 2 rings (SSSR count). The summed E-state index contributed by atoms with van der Waals surface area (Å²) >= 11 is 0. The van der Waals surface area contributed by atoms with Crippen LogP contribution < -0.4 is 5.32 Å². The Morgan fingerprint density at radius 2 is 1.86 bits per heavy atom. The SMILES string of the molecule is C=CCNC(=O)CN1CCN(CC(O)c2ccccc2)CC1. The molecule has 5 nitrogen and oxygen atoms in total. The Labute approximate surface area is 132 Å². The first-order chi connectivity index (χ1) is 10.7. The van der Waals surface area contributed by atoms with Crippen molar-refractivity contribution >= 4 is 5.91 Å². The molecular formula is C17H25N3O2. The summed E-state index contributed by atoms with van der Waals surface area (Å²) in [5.41, 5.74) is 0.953. The van der Waals surface area contributed by atoms with Crippen molar-refractivity contribution in [2.24, 2.45) is 0 Å². The van der Waals surface area contributed by atoms with E-state index in [1.54, 1.807) is 6.08 Å². The average molecular weight is 303 g/mol. The lowest BCUT2D eigenvalue weighted by molar-refractivity contribution is -0.122. The summed E-state index contributed by atoms with van der Waals surface area (Å²) in [6, 6.07) is 9.73. The van der Waals surface area contributed by atoms with Crippen LogP contribution in [0.2, 0.25) is 0 Å². The van der Waals surface area contributed by atoms with Crippen molar-refractivity contribution in [1.82, 2.24) is 15.1 Å². The molecule has 1 atom stereocenters. The zero-order valence-corrected chi connectivity index (χ0v) is 12.9. The number of aliphatic hydroxyl groups excluding tert-OH is 1. The van der Waals surface area contributed by atoms with Gasteiger partial charge in [-0.05, 0) is 5.56 Å². The first kappa shape index (κ1) is 16.7. The predicted molar refractivity (Wildman–Crippen MR) is 87.5 cm³/mol. The molecular weight excluding hydrogens is 278 g/mol. The zero-order valence-electron chi connectivity index (χ0n) is 12.9. The highest BCUT2D eigenvalue weighted by molar-refractivity contribution is 5.78. The molecule has 1 amide bonds. The minimum absolute atomic E-state index is 0.0395. The van der Waals surface area contributed by atoms with Crippen molar-refractivity contribution < 1.29 is 9.90 Å². The van der Waals surface area contributed by atoms with Crippen molar-refractivity contribution in [3.05, 3.63) is 48.6 Å². The van der Waals surface area contributed by atoms with E-state index in [2.05, 4.69) is 21.7 Å². The highest BCUT2D eigenvalue weighted by Gasteiger charge is 2.21. The fourth-order valence-electron chi connectivity index (χ4n) is 2.60. The monoisotopic (exact) mass is 303 g/mol. The number of hydrogen-bond donors (Lipinski definition) is 2. The molecule has 1 aliphatic rings. The molecule has 1 fully saturated rings. The summed E-state index contributed by atoms with van der Waals surface area (Å²) in [5, 5.41) is 13.0. The van der Waals surface area contributed by atoms with E-state index in [0.29, 0.717) is 19.6 Å². The van der Waals surface area contributed by atoms with Gasteiger partial charge in [0.1, 0.15) is 0 Å². The van der Waals surface area contributed by atoms with E-state index in [0.717, 1.165) is 31.7 Å². The van der Waals surface area contributed by atoms with Gasteiger partial charge in [0, 0.05) is 39.3 Å². The van der Waals surface area contributed by atoms with Gasteiger partial charge >= 0.3 is 0 Å². The van der Waals surface area contributed by atoms with Gasteiger partial charge in [-0.3, -0.25) is 14.6 Å². The Hall–Kier alpha value is -1.69. The normalized spacial score (nSPS) is 17.9. The molecule has 0 radical (unpaired) electrons. The predicted octanol–water partition coefficient (Wildman–Crippen LogP) is 0.640. The Balaban J connectivity index is 1.71. The number of benzene rings is 1. The Morgan fingerprint density at radius 1 is 1.23 bits per heavy atom. The van der Waals surface area contributed by atoms with Crippen LogP contribution in [0, 0.1) is 0 Å². The van der Waals surface area contributed by atoms with Crippen molar-refractivity contribution in [1.29, 1.82) is 0 Å². The van der Waals surface area contributed by atoms with Crippen molar-refractivity contribution in [3.63, 3.8) is 0 Å². The number of β-amino-alcohol motifs (C(OH)–C–C–N with tert-alkyl or cyclic N) is 1. The number of carbonyl (C=O) groups is 1. The second-order valence-electron chi connectivity index (χ2n) is 5.60. The first-order valence-electron chi connectivity index (χ1n) is 7.74. The number of nitrogens with zero attached hydrogens (tertiary/aromatic N) is 2. The third-order valence-corrected chi connectivity index (χ3v) is 3.89. The molecule has 1 saturated heterocycles. The van der Waals surface area contributed by atoms with Crippen LogP contribution in [0.4, 0.5) is 0 Å². The highest BCUT2D eigenvalue weighted by Crippen LogP contribution is 2.14. The number of nitrogens with one attached hydrogen (secondary N) is 1. The molecule has 120 valence electrons. The number of aliphatic hydroxyl groups is 1. The molecule has 0 aromatic heterocycles. The van der Waals surface area contributed by atoms with Gasteiger partial charge in [-0.15, -0.1) is 6.58 Å². The molecule has 1 aromatic carbocycles. The van der Waals surface area contributed by atoms with Crippen LogP contribution in [-0.4, -0.2) is 66.6 Å². The van der Waals surface area contributed by atoms with E-state index in [9.17, 15) is 9.90 Å². The Bertz CT molecular complexity index is 470. The third kappa shape index (κ3) is 5.26. The number of amides is 1. The van der Waals surface area contributed by atoms with Crippen LogP contribution >= 0.6 is 0 Å². The molecule has 0 spiro atoms. The summed E-state index contributed by atoms with van der Waals surface area (Å²) in [7, 11) is 0. The largest absolute Gasteiger partial charge is 0.387 e. The maximum absolute atomic E-state index is 11.7. The average Bonchev–Trinajstić information content (AvgIpc) is 2.55. The van der Waals surface area contributed by atoms with Crippen molar-refractivity contribution in [2.75, 3.05) is 45.8 Å². The molecule has 0 saturated carbocycles. The smallest absolute Gasteiger partial charge is 0.234 e. The molecule has 0 aliphatic carbocycles. The summed E-state index contributed by atoms with van der Waals surface area (Å²) < 4.78 is 0. The van der Waals surface area contributed by atoms with Gasteiger partial charge < -0.3 is 10.4 Å². The third-order valence-electron chi connectivity index (χ3n) is 3.89. The van der Waals surface area contributed by atoms with Gasteiger partial charge in [-0.1, -0.05) is 36.4 Å². The second-order valence-corrected chi connectivity index (χ2v) is 5.60. The van der Waals surface area contributed by atoms with E-state index in [1.165, 1.54) is 0 Å². The molecule has 2 N–H and O–H groups in total. The number of piperazine rings is 1. The Kier molecular flexibility index (Phi) is 6.58. The maximum atomic E-state index is 11.7. The second kappa shape index (κ2) is 8.68. The van der Waals surface area contributed by atoms with Crippen LogP contribution in [0.3, 0.4) is 0 Å². The fraction of sp³-hybridized carbons (Fsp3) is 0.471. The van der Waals surface area contributed by atoms with E-state index in [-0.39, 0.29) is 5.91 Å². The maximum Gasteiger partial charge on any atom is 0.234 e. The minimum Gasteiger partial charge on any atom is -0.387 e. The first-order valence-corrected chi connectivity index (χ1v) is 7.74. The van der Waals surface area contributed by atoms with Crippen LogP contribution in [0.1, 0.15) is 11.7 Å². The van der Waals surface area contributed by atoms with Gasteiger partial charge in [0.25, 0.3) is 0 Å². The minimum atomic E-state index is -0.455. The fourth-order valence-corrected chi connectivity index (χ4v) is 2.60. The van der Waals surface area contributed by atoms with E-state index < -0.39 is 6.10 Å². The van der Waals surface area contributed by atoms with Crippen molar-refractivity contribution in [3.8, 4) is 0 Å². The van der Waals surface area contributed by atoms with Crippen LogP contribution in [0.15, 0.2) is 43.0 Å². The molecule has 1 aromatic rings. The Morgan fingerprint density at radius 3 is 2.50 bits per heavy atom. The van der Waals surface area contributed by atoms with E-state index >= 15 is 0 Å². The van der Waals surface area contributed by atoms with E-state index in [1.807, 2.05) is 30.3 Å². The van der Waals surface area contributed by atoms with E-state index in [4.69, 9.17) is 0 Å². The van der Waals surface area contributed by atoms with Gasteiger partial charge in [0.05, 0.1) is 12.6 Å². The summed E-state index contributed by atoms with van der Waals surface area (Å²) in [6.07, 6.45) is 1.23. The number of rotatable bonds is 7. The quantitative estimate of drug-likeness (QED) is 0.726. The lowest BCUT2D eigenvalue weighted by Crippen LogP contribution is -2.50. The number of carbonyl (C=O) groups excluding carboxylic acids is 1. The van der Waals surface area contributed by atoms with Gasteiger partial charge in [0.15, 0.2) is 0 Å². The molecule has 22 heavy (non-hydrogen) atoms. The molecule has 1 heterocycles. The van der Waals surface area contributed by atoms with Crippen molar-refractivity contribution in [2.45, 2.75) is 6.10 Å². The van der Waals surface area contributed by atoms with Gasteiger partial charge in [-0.2, -0.15) is 0 Å². The highest BCUT2D eigenvalue weighted by atomic mass is 16.3. The molecule has 1 aliphatic heterocycles. The molecule has 0 bridgehead atoms. The van der Waals surface area contributed by atoms with Gasteiger partial charge in [-0.25, -0.2) is 0 Å². The van der Waals surface area contributed by atoms with Crippen LogP contribution in [-0.2, 0) is 4.79 Å². The topological polar surface area (TPSA) is 55.8 Å². The summed E-state index contributed by atoms with van der Waals surface area (Å²) in [5.74, 6) is 0.0395. The van der Waals surface area contributed by atoms with Crippen LogP contribution in [0.25, 0.3) is 0 Å². The van der Waals surface area contributed by atoms with Crippen LogP contribution in [0.5, 0.6) is 0 Å². The molecule has 5 heteroatoms. The lowest BCUT2D eigenvalue weighted by atomic mass is 10.1. The number of hydrogen-bond acceptors (Lipinski definition) is 4. The zero-order chi connectivity index (χ0) is 15.8. The summed E-state index contributed by atoms with van der Waals surface area (Å²) in [4.78, 5) is 16.0. The summed E-state index contributed by atoms with van der Waals surface area (Å²) in [6.45, 7) is 8.62. The molecule has 1 unspecified atom stereocenters. The van der Waals surface area contributed by atoms with Gasteiger partial charge in [0.2, 0.25) is 5.91 Å².